The van der Waals surface area contributed by atoms with E-state index < -0.39 is 0 Å². The Morgan fingerprint density at radius 2 is 1.65 bits per heavy atom. The first-order chi connectivity index (χ1) is 16.2. The third kappa shape index (κ3) is 8.53. The van der Waals surface area contributed by atoms with Gasteiger partial charge < -0.3 is 10.1 Å². The van der Waals surface area contributed by atoms with Crippen molar-refractivity contribution in [2.24, 2.45) is 10.9 Å². The van der Waals surface area contributed by atoms with Gasteiger partial charge in [0.05, 0.1) is 12.2 Å². The number of hydrogen-bond donors (Lipinski definition) is 1. The fourth-order valence-electron chi connectivity index (χ4n) is 4.34. The van der Waals surface area contributed by atoms with Gasteiger partial charge in [-0.25, -0.2) is 0 Å². The minimum Gasteiger partial charge on any atom is -0.376 e. The molecular weight excluding hydrogens is 424 g/mol. The minimum absolute atomic E-state index is 0.0443. The topological polar surface area (TPSA) is 67.8 Å². The number of aliphatic imine (C=N–C) groups is 1. The molecule has 1 fully saturated rings. The molecule has 2 rings (SSSR count). The number of Topliss-reactive ketones (excluding diaryl/α,β-unsaturated/α-hetero) is 1. The average molecular weight is 465 g/mol. The van der Waals surface area contributed by atoms with Crippen molar-refractivity contribution in [1.82, 2.24) is 5.32 Å². The third-order valence-corrected chi connectivity index (χ3v) is 6.18. The zero-order valence-corrected chi connectivity index (χ0v) is 21.6. The first-order valence-electron chi connectivity index (χ1n) is 12.3. The van der Waals surface area contributed by atoms with Gasteiger partial charge >= 0.3 is 0 Å². The summed E-state index contributed by atoms with van der Waals surface area (Å²) in [5.41, 5.74) is 3.74. The maximum atomic E-state index is 13.3. The van der Waals surface area contributed by atoms with Crippen LogP contribution in [0.3, 0.4) is 0 Å². The number of carbonyl (C=O) groups excluding carboxylic acids is 2. The Hall–Kier alpha value is -2.79. The number of hydrogen-bond acceptors (Lipinski definition) is 4. The lowest BCUT2D eigenvalue weighted by atomic mass is 9.87. The monoisotopic (exact) mass is 464 g/mol. The number of ether oxygens (including phenoxy) is 1. The molecule has 0 saturated carbocycles. The molecule has 0 spiro atoms. The summed E-state index contributed by atoms with van der Waals surface area (Å²) in [5, 5.41) is 2.74. The van der Waals surface area contributed by atoms with Gasteiger partial charge in [-0.2, -0.15) is 0 Å². The van der Waals surface area contributed by atoms with Crippen molar-refractivity contribution >= 4 is 23.1 Å². The van der Waals surface area contributed by atoms with Gasteiger partial charge in [-0.3, -0.25) is 14.6 Å². The zero-order chi connectivity index (χ0) is 25.1. The van der Waals surface area contributed by atoms with Crippen LogP contribution in [0.5, 0.6) is 0 Å². The summed E-state index contributed by atoms with van der Waals surface area (Å²) in [6.45, 7) is 9.65. The van der Waals surface area contributed by atoms with Crippen molar-refractivity contribution in [2.75, 3.05) is 7.05 Å². The lowest BCUT2D eigenvalue weighted by molar-refractivity contribution is -0.117. The molecule has 3 unspecified atom stereocenters. The van der Waals surface area contributed by atoms with Crippen LogP contribution in [0.4, 0.5) is 0 Å². The van der Waals surface area contributed by atoms with Crippen LogP contribution in [0.25, 0.3) is 5.57 Å². The van der Waals surface area contributed by atoms with Gasteiger partial charge in [0.15, 0.2) is 5.78 Å². The standard InChI is InChI=1S/C29H40N2O3/c1-7-8-12-27(20(2)19-28(30-6)31-23(5)32)24-15-17-26(18-16-24)29(33)25-11-9-10-21(3)34-22(4)13-14-25/h7-8,12,15-19,21-22,25H,9-11,13-14H2,1-6H3,(H,30,31,32). The molecule has 5 nitrogen and oxygen atoms in total. The summed E-state index contributed by atoms with van der Waals surface area (Å²) in [6, 6.07) is 7.88. The highest BCUT2D eigenvalue weighted by Crippen LogP contribution is 2.28. The number of nitrogens with one attached hydrogen (secondary N) is 1. The highest BCUT2D eigenvalue weighted by atomic mass is 16.5. The lowest BCUT2D eigenvalue weighted by Gasteiger charge is -2.18. The van der Waals surface area contributed by atoms with Gasteiger partial charge in [0.1, 0.15) is 5.84 Å². The number of nitrogens with zero attached hydrogens (tertiary/aromatic N) is 1. The van der Waals surface area contributed by atoms with Gasteiger partial charge in [-0.1, -0.05) is 48.9 Å². The summed E-state index contributed by atoms with van der Waals surface area (Å²) >= 11 is 0. The number of allylic oxidation sites excluding steroid dienone is 5. The molecule has 184 valence electrons. The summed E-state index contributed by atoms with van der Waals surface area (Å²) in [5.74, 6) is 0.621. The molecule has 1 heterocycles. The second-order valence-electron chi connectivity index (χ2n) is 9.13. The Balaban J connectivity index is 2.25. The summed E-state index contributed by atoms with van der Waals surface area (Å²) in [7, 11) is 1.65. The van der Waals surface area contributed by atoms with E-state index in [0.717, 1.165) is 54.4 Å². The Kier molecular flexibility index (Phi) is 11.1. The molecule has 34 heavy (non-hydrogen) atoms. The van der Waals surface area contributed by atoms with Gasteiger partial charge in [-0.15, -0.1) is 0 Å². The molecule has 0 aliphatic carbocycles. The average Bonchev–Trinajstić information content (AvgIpc) is 2.88. The molecule has 1 aromatic rings. The predicted molar refractivity (Wildman–Crippen MR) is 141 cm³/mol. The number of benzene rings is 1. The fraction of sp³-hybridized carbons (Fsp3) is 0.483. The van der Waals surface area contributed by atoms with Crippen molar-refractivity contribution in [2.45, 2.75) is 78.9 Å². The smallest absolute Gasteiger partial charge is 0.222 e. The van der Waals surface area contributed by atoms with Crippen molar-refractivity contribution in [3.63, 3.8) is 0 Å². The number of rotatable bonds is 6. The van der Waals surface area contributed by atoms with E-state index in [1.165, 1.54) is 6.92 Å². The van der Waals surface area contributed by atoms with Crippen molar-refractivity contribution in [1.29, 1.82) is 0 Å². The van der Waals surface area contributed by atoms with E-state index in [4.69, 9.17) is 4.74 Å². The Bertz CT molecular complexity index is 954. The number of carbonyl (C=O) groups is 2. The normalized spacial score (nSPS) is 23.2. The number of amidine groups is 1. The number of amides is 1. The second kappa shape index (κ2) is 13.8. The molecule has 0 bridgehead atoms. The van der Waals surface area contributed by atoms with E-state index in [9.17, 15) is 9.59 Å². The highest BCUT2D eigenvalue weighted by Gasteiger charge is 2.23. The van der Waals surface area contributed by atoms with E-state index in [1.54, 1.807) is 7.05 Å². The molecule has 3 atom stereocenters. The lowest BCUT2D eigenvalue weighted by Crippen LogP contribution is -2.26. The zero-order valence-electron chi connectivity index (χ0n) is 21.6. The predicted octanol–water partition coefficient (Wildman–Crippen LogP) is 6.31. The van der Waals surface area contributed by atoms with Crippen LogP contribution in [0, 0.1) is 5.92 Å². The molecule has 1 aromatic carbocycles. The van der Waals surface area contributed by atoms with Gasteiger partial charge in [-0.05, 0) is 76.2 Å². The maximum absolute atomic E-state index is 13.3. The molecule has 0 aromatic heterocycles. The maximum Gasteiger partial charge on any atom is 0.222 e. The van der Waals surface area contributed by atoms with E-state index in [-0.39, 0.29) is 29.8 Å². The molecular formula is C29H40N2O3. The summed E-state index contributed by atoms with van der Waals surface area (Å²) < 4.78 is 6.00. The quantitative estimate of drug-likeness (QED) is 0.232. The van der Waals surface area contributed by atoms with Crippen LogP contribution in [0.1, 0.15) is 82.6 Å². The number of ketones is 1. The third-order valence-electron chi connectivity index (χ3n) is 6.18. The molecule has 1 amide bonds. The van der Waals surface area contributed by atoms with E-state index in [1.807, 2.05) is 62.4 Å². The largest absolute Gasteiger partial charge is 0.376 e. The SMILES string of the molecule is CC=CC=C(C(C)=CC(=NC)NC(C)=O)c1ccc(C(=O)C2CCCC(C)OC(C)CC2)cc1. The van der Waals surface area contributed by atoms with Crippen LogP contribution in [0.2, 0.25) is 0 Å². The molecule has 1 aliphatic heterocycles. The van der Waals surface area contributed by atoms with Crippen molar-refractivity contribution < 1.29 is 14.3 Å². The van der Waals surface area contributed by atoms with E-state index >= 15 is 0 Å². The molecule has 1 aliphatic rings. The van der Waals surface area contributed by atoms with E-state index in [2.05, 4.69) is 24.2 Å². The van der Waals surface area contributed by atoms with Crippen LogP contribution in [-0.2, 0) is 9.53 Å². The van der Waals surface area contributed by atoms with Gasteiger partial charge in [0, 0.05) is 25.5 Å². The Morgan fingerprint density at radius 1 is 1.00 bits per heavy atom. The van der Waals surface area contributed by atoms with Crippen molar-refractivity contribution in [3.05, 3.63) is 65.3 Å². The van der Waals surface area contributed by atoms with Crippen LogP contribution in [-0.4, -0.2) is 36.8 Å². The Morgan fingerprint density at radius 3 is 2.26 bits per heavy atom. The van der Waals surface area contributed by atoms with Crippen LogP contribution < -0.4 is 5.32 Å². The van der Waals surface area contributed by atoms with E-state index in [0.29, 0.717) is 5.84 Å². The van der Waals surface area contributed by atoms with Crippen molar-refractivity contribution in [3.8, 4) is 0 Å². The summed E-state index contributed by atoms with van der Waals surface area (Å²) in [4.78, 5) is 28.9. The fourth-order valence-corrected chi connectivity index (χ4v) is 4.34. The van der Waals surface area contributed by atoms with Gasteiger partial charge in [0.25, 0.3) is 0 Å². The minimum atomic E-state index is -0.160. The van der Waals surface area contributed by atoms with Crippen LogP contribution >= 0.6 is 0 Å². The first kappa shape index (κ1) is 27.5. The molecule has 5 heteroatoms. The second-order valence-corrected chi connectivity index (χ2v) is 9.13. The summed E-state index contributed by atoms with van der Waals surface area (Å²) in [6.07, 6.45) is 13.0. The first-order valence-corrected chi connectivity index (χ1v) is 12.3. The molecule has 1 saturated heterocycles. The molecule has 1 N–H and O–H groups in total. The Labute approximate surface area is 205 Å². The highest BCUT2D eigenvalue weighted by molar-refractivity contribution is 6.05. The molecule has 0 radical (unpaired) electrons. The van der Waals surface area contributed by atoms with Crippen LogP contribution in [0.15, 0.2) is 59.1 Å². The van der Waals surface area contributed by atoms with Gasteiger partial charge in [0.2, 0.25) is 5.91 Å².